The summed E-state index contributed by atoms with van der Waals surface area (Å²) in [6.07, 6.45) is 7.21. The molecule has 0 aromatic rings. The first kappa shape index (κ1) is 10.3. The SMILES string of the molecule is CC(=O)N[C@@H]1CC/C=C\CC[C@H]1O. The monoisotopic (exact) mass is 183 g/mol. The number of aliphatic hydroxyl groups excluding tert-OH is 1. The van der Waals surface area contributed by atoms with Gasteiger partial charge >= 0.3 is 0 Å². The first-order chi connectivity index (χ1) is 6.20. The van der Waals surface area contributed by atoms with Gasteiger partial charge in [0.05, 0.1) is 12.1 Å². The number of carbonyl (C=O) groups excluding carboxylic acids is 1. The van der Waals surface area contributed by atoms with E-state index in [1.54, 1.807) is 0 Å². The predicted molar refractivity (Wildman–Crippen MR) is 51.2 cm³/mol. The van der Waals surface area contributed by atoms with Crippen LogP contribution in [0.2, 0.25) is 0 Å². The highest BCUT2D eigenvalue weighted by Crippen LogP contribution is 2.12. The molecule has 3 heteroatoms. The molecule has 1 aliphatic carbocycles. The van der Waals surface area contributed by atoms with Gasteiger partial charge in [-0.1, -0.05) is 12.2 Å². The zero-order chi connectivity index (χ0) is 9.68. The zero-order valence-electron chi connectivity index (χ0n) is 7.99. The maximum Gasteiger partial charge on any atom is 0.217 e. The van der Waals surface area contributed by atoms with Crippen LogP contribution in [0.15, 0.2) is 12.2 Å². The van der Waals surface area contributed by atoms with Crippen molar-refractivity contribution in [2.24, 2.45) is 0 Å². The summed E-state index contributed by atoms with van der Waals surface area (Å²) in [5.41, 5.74) is 0. The number of hydrogen-bond acceptors (Lipinski definition) is 2. The molecule has 2 atom stereocenters. The molecule has 0 aromatic heterocycles. The summed E-state index contributed by atoms with van der Waals surface area (Å²) >= 11 is 0. The van der Waals surface area contributed by atoms with Crippen molar-refractivity contribution in [3.63, 3.8) is 0 Å². The summed E-state index contributed by atoms with van der Waals surface area (Å²) in [6.45, 7) is 1.49. The van der Waals surface area contributed by atoms with Gasteiger partial charge in [-0.15, -0.1) is 0 Å². The Hall–Kier alpha value is -0.830. The lowest BCUT2D eigenvalue weighted by Crippen LogP contribution is -2.42. The van der Waals surface area contributed by atoms with Gasteiger partial charge in [-0.05, 0) is 25.7 Å². The van der Waals surface area contributed by atoms with Gasteiger partial charge in [-0.25, -0.2) is 0 Å². The van der Waals surface area contributed by atoms with Crippen molar-refractivity contribution in [1.82, 2.24) is 5.32 Å². The molecular weight excluding hydrogens is 166 g/mol. The minimum absolute atomic E-state index is 0.0615. The first-order valence-corrected chi connectivity index (χ1v) is 4.80. The van der Waals surface area contributed by atoms with E-state index < -0.39 is 6.10 Å². The van der Waals surface area contributed by atoms with Crippen molar-refractivity contribution >= 4 is 5.91 Å². The van der Waals surface area contributed by atoms with Gasteiger partial charge in [0, 0.05) is 6.92 Å². The Morgan fingerprint density at radius 3 is 2.62 bits per heavy atom. The number of aliphatic hydroxyl groups is 1. The van der Waals surface area contributed by atoms with Crippen molar-refractivity contribution < 1.29 is 9.90 Å². The second-order valence-electron chi connectivity index (χ2n) is 3.50. The zero-order valence-corrected chi connectivity index (χ0v) is 7.99. The minimum atomic E-state index is -0.395. The molecule has 0 spiro atoms. The molecular formula is C10H17NO2. The Labute approximate surface area is 78.8 Å². The molecule has 0 heterocycles. The summed E-state index contributed by atoms with van der Waals surface area (Å²) in [6, 6.07) is -0.0672. The third-order valence-electron chi connectivity index (χ3n) is 2.29. The van der Waals surface area contributed by atoms with Crippen LogP contribution in [0.5, 0.6) is 0 Å². The Morgan fingerprint density at radius 1 is 1.38 bits per heavy atom. The van der Waals surface area contributed by atoms with Crippen LogP contribution in [0.4, 0.5) is 0 Å². The Kier molecular flexibility index (Phi) is 3.96. The van der Waals surface area contributed by atoms with Crippen molar-refractivity contribution in [2.45, 2.75) is 44.8 Å². The van der Waals surface area contributed by atoms with Gasteiger partial charge in [-0.3, -0.25) is 4.79 Å². The Balaban J connectivity index is 2.48. The molecule has 0 unspecified atom stereocenters. The van der Waals surface area contributed by atoms with E-state index in [1.165, 1.54) is 6.92 Å². The number of carbonyl (C=O) groups is 1. The average molecular weight is 183 g/mol. The van der Waals surface area contributed by atoms with Crippen LogP contribution in [-0.2, 0) is 4.79 Å². The highest BCUT2D eigenvalue weighted by atomic mass is 16.3. The van der Waals surface area contributed by atoms with Gasteiger partial charge in [0.2, 0.25) is 5.91 Å². The second kappa shape index (κ2) is 5.02. The van der Waals surface area contributed by atoms with Crippen molar-refractivity contribution in [1.29, 1.82) is 0 Å². The van der Waals surface area contributed by atoms with Crippen molar-refractivity contribution in [3.05, 3.63) is 12.2 Å². The maximum atomic E-state index is 10.8. The van der Waals surface area contributed by atoms with Gasteiger partial charge < -0.3 is 10.4 Å². The number of hydrogen-bond donors (Lipinski definition) is 2. The van der Waals surface area contributed by atoms with E-state index in [0.29, 0.717) is 0 Å². The number of nitrogens with one attached hydrogen (secondary N) is 1. The van der Waals surface area contributed by atoms with Crippen LogP contribution in [0, 0.1) is 0 Å². The van der Waals surface area contributed by atoms with Crippen LogP contribution in [0.1, 0.15) is 32.6 Å². The number of allylic oxidation sites excluding steroid dienone is 2. The summed E-state index contributed by atoms with van der Waals surface area (Å²) in [5.74, 6) is -0.0615. The lowest BCUT2D eigenvalue weighted by Gasteiger charge is -2.24. The Bertz CT molecular complexity index is 201. The molecule has 0 aliphatic heterocycles. The highest BCUT2D eigenvalue weighted by Gasteiger charge is 2.19. The highest BCUT2D eigenvalue weighted by molar-refractivity contribution is 5.73. The van der Waals surface area contributed by atoms with Crippen LogP contribution in [0.3, 0.4) is 0 Å². The molecule has 1 amide bonds. The summed E-state index contributed by atoms with van der Waals surface area (Å²) in [7, 11) is 0. The number of rotatable bonds is 1. The molecule has 0 saturated carbocycles. The fourth-order valence-corrected chi connectivity index (χ4v) is 1.60. The molecule has 74 valence electrons. The molecule has 2 N–H and O–H groups in total. The predicted octanol–water partition coefficient (Wildman–Crippen LogP) is 0.982. The lowest BCUT2D eigenvalue weighted by molar-refractivity contribution is -0.120. The molecule has 1 aliphatic rings. The average Bonchev–Trinajstić information content (AvgIpc) is 2.04. The largest absolute Gasteiger partial charge is 0.391 e. The third kappa shape index (κ3) is 3.59. The summed E-state index contributed by atoms with van der Waals surface area (Å²) in [5, 5.41) is 12.5. The fraction of sp³-hybridized carbons (Fsp3) is 0.700. The van der Waals surface area contributed by atoms with E-state index in [2.05, 4.69) is 17.5 Å². The van der Waals surface area contributed by atoms with E-state index in [9.17, 15) is 9.90 Å². The molecule has 13 heavy (non-hydrogen) atoms. The first-order valence-electron chi connectivity index (χ1n) is 4.80. The summed E-state index contributed by atoms with van der Waals surface area (Å²) in [4.78, 5) is 10.8. The van der Waals surface area contributed by atoms with Crippen LogP contribution in [0.25, 0.3) is 0 Å². The smallest absolute Gasteiger partial charge is 0.217 e. The Morgan fingerprint density at radius 2 is 2.00 bits per heavy atom. The molecule has 3 nitrogen and oxygen atoms in total. The van der Waals surface area contributed by atoms with E-state index in [1.807, 2.05) is 0 Å². The van der Waals surface area contributed by atoms with Crippen molar-refractivity contribution in [3.8, 4) is 0 Å². The molecule has 0 saturated heterocycles. The van der Waals surface area contributed by atoms with Gasteiger partial charge in [0.1, 0.15) is 0 Å². The molecule has 1 rings (SSSR count). The molecule has 0 fully saturated rings. The van der Waals surface area contributed by atoms with Crippen molar-refractivity contribution in [2.75, 3.05) is 0 Å². The van der Waals surface area contributed by atoms with Gasteiger partial charge in [-0.2, -0.15) is 0 Å². The van der Waals surface area contributed by atoms with E-state index >= 15 is 0 Å². The standard InChI is InChI=1S/C10H17NO2/c1-8(12)11-9-6-4-2-3-5-7-10(9)13/h2-3,9-10,13H,4-7H2,1H3,(H,11,12)/b3-2-/t9-,10-/m1/s1. The van der Waals surface area contributed by atoms with Crippen LogP contribution < -0.4 is 5.32 Å². The fourth-order valence-electron chi connectivity index (χ4n) is 1.60. The van der Waals surface area contributed by atoms with E-state index in [4.69, 9.17) is 0 Å². The molecule has 0 radical (unpaired) electrons. The second-order valence-corrected chi connectivity index (χ2v) is 3.50. The normalized spacial score (nSPS) is 31.5. The van der Waals surface area contributed by atoms with E-state index in [0.717, 1.165) is 25.7 Å². The van der Waals surface area contributed by atoms with E-state index in [-0.39, 0.29) is 11.9 Å². The van der Waals surface area contributed by atoms with Crippen LogP contribution >= 0.6 is 0 Å². The third-order valence-corrected chi connectivity index (χ3v) is 2.29. The minimum Gasteiger partial charge on any atom is -0.391 e. The quantitative estimate of drug-likeness (QED) is 0.595. The number of amides is 1. The van der Waals surface area contributed by atoms with Gasteiger partial charge in [0.25, 0.3) is 0 Å². The molecule has 0 aromatic carbocycles. The molecule has 0 bridgehead atoms. The lowest BCUT2D eigenvalue weighted by atomic mass is 9.98. The van der Waals surface area contributed by atoms with Crippen LogP contribution in [-0.4, -0.2) is 23.2 Å². The maximum absolute atomic E-state index is 10.8. The summed E-state index contributed by atoms with van der Waals surface area (Å²) < 4.78 is 0. The van der Waals surface area contributed by atoms with Gasteiger partial charge in [0.15, 0.2) is 0 Å². The topological polar surface area (TPSA) is 49.3 Å².